The van der Waals surface area contributed by atoms with Crippen LogP contribution in [0.2, 0.25) is 0 Å². The highest BCUT2D eigenvalue weighted by molar-refractivity contribution is 7.99. The third kappa shape index (κ3) is 6.34. The van der Waals surface area contributed by atoms with Crippen molar-refractivity contribution in [3.8, 4) is 0 Å². The topological polar surface area (TPSA) is 128 Å². The van der Waals surface area contributed by atoms with Crippen molar-refractivity contribution in [2.45, 2.75) is 25.0 Å². The van der Waals surface area contributed by atoms with Gasteiger partial charge in [-0.25, -0.2) is 14.6 Å². The van der Waals surface area contributed by atoms with E-state index in [0.29, 0.717) is 31.9 Å². The number of nitro benzene ring substituents is 1. The molecule has 0 radical (unpaired) electrons. The third-order valence-electron chi connectivity index (χ3n) is 5.36. The van der Waals surface area contributed by atoms with Crippen LogP contribution in [-0.2, 0) is 16.1 Å². The second kappa shape index (κ2) is 11.8. The first-order chi connectivity index (χ1) is 17.0. The van der Waals surface area contributed by atoms with Crippen LogP contribution >= 0.6 is 11.8 Å². The van der Waals surface area contributed by atoms with Gasteiger partial charge in [0.1, 0.15) is 5.82 Å². The summed E-state index contributed by atoms with van der Waals surface area (Å²) in [6, 6.07) is 6.00. The number of hydrogen-bond donors (Lipinski definition) is 1. The van der Waals surface area contributed by atoms with Crippen LogP contribution in [0.1, 0.15) is 18.9 Å². The molecule has 1 N–H and O–H groups in total. The minimum absolute atomic E-state index is 0.00916. The van der Waals surface area contributed by atoms with E-state index in [0.717, 1.165) is 47.3 Å². The van der Waals surface area contributed by atoms with Gasteiger partial charge in [-0.2, -0.15) is 5.10 Å². The van der Waals surface area contributed by atoms with Crippen molar-refractivity contribution in [2.75, 3.05) is 43.5 Å². The number of hydrogen-bond acceptors (Lipinski definition) is 9. The second-order valence-corrected chi connectivity index (χ2v) is 8.92. The Morgan fingerprint density at radius 2 is 2.03 bits per heavy atom. The van der Waals surface area contributed by atoms with Crippen molar-refractivity contribution in [1.82, 2.24) is 25.1 Å². The molecule has 3 heterocycles. The summed E-state index contributed by atoms with van der Waals surface area (Å²) in [7, 11) is 0. The molecule has 3 aromatic rings. The van der Waals surface area contributed by atoms with E-state index in [4.69, 9.17) is 14.7 Å². The van der Waals surface area contributed by atoms with Gasteiger partial charge >= 0.3 is 0 Å². The molecule has 35 heavy (non-hydrogen) atoms. The second-order valence-electron chi connectivity index (χ2n) is 7.86. The highest BCUT2D eigenvalue weighted by Gasteiger charge is 2.20. The number of aromatic nitrogens is 4. The lowest BCUT2D eigenvalue weighted by Gasteiger charge is -2.28. The number of nitro groups is 1. The van der Waals surface area contributed by atoms with Gasteiger partial charge in [-0.05, 0) is 30.2 Å². The number of morpholine rings is 1. The normalized spacial score (nSPS) is 14.0. The molecule has 0 saturated carbocycles. The van der Waals surface area contributed by atoms with E-state index in [9.17, 15) is 14.9 Å². The summed E-state index contributed by atoms with van der Waals surface area (Å²) in [4.78, 5) is 34.3. The lowest BCUT2D eigenvalue weighted by atomic mass is 10.2. The highest BCUT2D eigenvalue weighted by Crippen LogP contribution is 2.28. The zero-order valence-corrected chi connectivity index (χ0v) is 20.2. The molecule has 11 nitrogen and oxygen atoms in total. The maximum Gasteiger partial charge on any atom is 0.269 e. The Balaban J connectivity index is 1.42. The lowest BCUT2D eigenvalue weighted by molar-refractivity contribution is -0.384. The van der Waals surface area contributed by atoms with Gasteiger partial charge in [0.05, 0.1) is 36.3 Å². The molecule has 1 amide bonds. The van der Waals surface area contributed by atoms with Crippen LogP contribution in [0.15, 0.2) is 41.7 Å². The first kappa shape index (κ1) is 24.6. The molecule has 4 rings (SSSR count). The average molecular weight is 498 g/mol. The van der Waals surface area contributed by atoms with Crippen LogP contribution in [0.25, 0.3) is 17.1 Å². The van der Waals surface area contributed by atoms with Gasteiger partial charge in [-0.1, -0.05) is 18.7 Å². The monoisotopic (exact) mass is 497 g/mol. The summed E-state index contributed by atoms with van der Waals surface area (Å²) in [6.07, 6.45) is 5.82. The number of non-ortho nitro benzene ring substituents is 1. The van der Waals surface area contributed by atoms with Crippen LogP contribution in [0.3, 0.4) is 0 Å². The van der Waals surface area contributed by atoms with Crippen LogP contribution < -0.4 is 10.2 Å². The fraction of sp³-hybridized carbons (Fsp3) is 0.391. The van der Waals surface area contributed by atoms with Crippen molar-refractivity contribution in [2.24, 2.45) is 0 Å². The van der Waals surface area contributed by atoms with Crippen molar-refractivity contribution in [3.05, 3.63) is 52.2 Å². The van der Waals surface area contributed by atoms with E-state index in [1.807, 2.05) is 0 Å². The predicted molar refractivity (Wildman–Crippen MR) is 135 cm³/mol. The van der Waals surface area contributed by atoms with Gasteiger partial charge in [0.15, 0.2) is 10.8 Å². The third-order valence-corrected chi connectivity index (χ3v) is 6.41. The van der Waals surface area contributed by atoms with E-state index < -0.39 is 4.92 Å². The van der Waals surface area contributed by atoms with E-state index in [1.165, 1.54) is 18.2 Å². The fourth-order valence-electron chi connectivity index (χ4n) is 3.58. The molecule has 0 bridgehead atoms. The first-order valence-electron chi connectivity index (χ1n) is 11.4. The van der Waals surface area contributed by atoms with Gasteiger partial charge in [-0.15, -0.1) is 0 Å². The van der Waals surface area contributed by atoms with Crippen molar-refractivity contribution in [1.29, 1.82) is 0 Å². The summed E-state index contributed by atoms with van der Waals surface area (Å²) in [5.74, 6) is 1.54. The molecule has 184 valence electrons. The Kier molecular flexibility index (Phi) is 8.27. The molecule has 2 aromatic heterocycles. The lowest BCUT2D eigenvalue weighted by Crippen LogP contribution is -2.37. The van der Waals surface area contributed by atoms with Crippen LogP contribution in [0.5, 0.6) is 0 Å². The number of rotatable bonds is 10. The SMILES string of the molecule is CCCSc1nc(N2CCOCC2)c2cnn(CCNC(=O)/C=C\c3ccc([N+](=O)[O-])cc3)c2n1. The summed E-state index contributed by atoms with van der Waals surface area (Å²) in [5.41, 5.74) is 1.46. The molecule has 0 aliphatic carbocycles. The van der Waals surface area contributed by atoms with Gasteiger partial charge in [0.2, 0.25) is 5.91 Å². The number of ether oxygens (including phenoxy) is 1. The Labute approximate surface area is 206 Å². The standard InChI is InChI=1S/C23H27N7O4S/c1-2-15-35-23-26-21(28-11-13-34-14-12-28)19-16-25-29(22(19)27-23)10-9-24-20(31)8-5-17-3-6-18(7-4-17)30(32)33/h3-8,16H,2,9-15H2,1H3,(H,24,31)/b8-5-. The number of carbonyl (C=O) groups is 1. The number of carbonyl (C=O) groups excluding carboxylic acids is 1. The number of amides is 1. The maximum atomic E-state index is 12.2. The molecular formula is C23H27N7O4S. The molecule has 1 aliphatic rings. The Morgan fingerprint density at radius 1 is 1.26 bits per heavy atom. The predicted octanol–water partition coefficient (Wildman–Crippen LogP) is 2.90. The van der Waals surface area contributed by atoms with Gasteiger partial charge in [0, 0.05) is 43.6 Å². The van der Waals surface area contributed by atoms with E-state index in [1.54, 1.807) is 40.8 Å². The van der Waals surface area contributed by atoms with E-state index in [-0.39, 0.29) is 11.6 Å². The Bertz CT molecular complexity index is 1210. The molecule has 0 unspecified atom stereocenters. The Hall–Kier alpha value is -3.51. The zero-order valence-electron chi connectivity index (χ0n) is 19.4. The summed E-state index contributed by atoms with van der Waals surface area (Å²) in [6.45, 7) is 5.82. The molecule has 0 spiro atoms. The number of thioether (sulfide) groups is 1. The molecule has 1 aromatic carbocycles. The quantitative estimate of drug-likeness (QED) is 0.148. The number of nitrogens with zero attached hydrogens (tertiary/aromatic N) is 6. The number of nitrogens with one attached hydrogen (secondary N) is 1. The van der Waals surface area contributed by atoms with Gasteiger partial charge < -0.3 is 15.0 Å². The molecule has 1 saturated heterocycles. The highest BCUT2D eigenvalue weighted by atomic mass is 32.2. The molecular weight excluding hydrogens is 470 g/mol. The molecule has 1 fully saturated rings. The smallest absolute Gasteiger partial charge is 0.269 e. The average Bonchev–Trinajstić information content (AvgIpc) is 3.29. The minimum atomic E-state index is -0.459. The maximum absolute atomic E-state index is 12.2. The molecule has 1 aliphatic heterocycles. The van der Waals surface area contributed by atoms with Crippen LogP contribution in [-0.4, -0.2) is 69.2 Å². The van der Waals surface area contributed by atoms with Crippen molar-refractivity contribution in [3.63, 3.8) is 0 Å². The van der Waals surface area contributed by atoms with Gasteiger partial charge in [-0.3, -0.25) is 14.9 Å². The number of anilines is 1. The summed E-state index contributed by atoms with van der Waals surface area (Å²) < 4.78 is 7.28. The first-order valence-corrected chi connectivity index (χ1v) is 12.4. The Morgan fingerprint density at radius 3 is 2.74 bits per heavy atom. The fourth-order valence-corrected chi connectivity index (χ4v) is 4.27. The zero-order chi connectivity index (χ0) is 24.6. The van der Waals surface area contributed by atoms with Crippen molar-refractivity contribution < 1.29 is 14.5 Å². The van der Waals surface area contributed by atoms with Crippen LogP contribution in [0, 0.1) is 10.1 Å². The van der Waals surface area contributed by atoms with E-state index in [2.05, 4.69) is 22.2 Å². The van der Waals surface area contributed by atoms with Gasteiger partial charge in [0.25, 0.3) is 5.69 Å². The molecule has 0 atom stereocenters. The number of benzene rings is 1. The largest absolute Gasteiger partial charge is 0.378 e. The van der Waals surface area contributed by atoms with Crippen molar-refractivity contribution >= 4 is 46.3 Å². The van der Waals surface area contributed by atoms with E-state index >= 15 is 0 Å². The molecule has 12 heteroatoms. The summed E-state index contributed by atoms with van der Waals surface area (Å²) in [5, 5.41) is 19.7. The van der Waals surface area contributed by atoms with Crippen LogP contribution in [0.4, 0.5) is 11.5 Å². The number of fused-ring (bicyclic) bond motifs is 1. The summed E-state index contributed by atoms with van der Waals surface area (Å²) >= 11 is 1.62. The minimum Gasteiger partial charge on any atom is -0.378 e.